The first-order valence-electron chi connectivity index (χ1n) is 11.2. The van der Waals surface area contributed by atoms with Gasteiger partial charge in [0.1, 0.15) is 17.1 Å². The van der Waals surface area contributed by atoms with Crippen molar-refractivity contribution in [2.45, 2.75) is 19.9 Å². The van der Waals surface area contributed by atoms with Crippen molar-refractivity contribution in [3.05, 3.63) is 77.9 Å². The number of fused-ring (bicyclic) bond motifs is 1. The van der Waals surface area contributed by atoms with E-state index in [0.29, 0.717) is 27.8 Å². The van der Waals surface area contributed by atoms with Crippen molar-refractivity contribution in [1.82, 2.24) is 9.97 Å². The molecule has 1 aliphatic heterocycles. The average molecular weight is 491 g/mol. The molecule has 0 saturated carbocycles. The summed E-state index contributed by atoms with van der Waals surface area (Å²) >= 11 is 1.41. The van der Waals surface area contributed by atoms with Gasteiger partial charge in [-0.05, 0) is 55.0 Å². The van der Waals surface area contributed by atoms with Crippen LogP contribution in [0.25, 0.3) is 10.2 Å². The van der Waals surface area contributed by atoms with Crippen molar-refractivity contribution in [2.75, 3.05) is 23.5 Å². The normalized spacial score (nSPS) is 15.6. The molecule has 9 heteroatoms. The number of hydrogen-bond acceptors (Lipinski definition) is 6. The van der Waals surface area contributed by atoms with Gasteiger partial charge >= 0.3 is 0 Å². The second kappa shape index (κ2) is 9.42. The van der Waals surface area contributed by atoms with Gasteiger partial charge in [-0.2, -0.15) is 0 Å². The maximum atomic E-state index is 13.8. The fourth-order valence-electron chi connectivity index (χ4n) is 4.24. The van der Waals surface area contributed by atoms with E-state index in [9.17, 15) is 14.0 Å². The van der Waals surface area contributed by atoms with Gasteiger partial charge in [0, 0.05) is 24.8 Å². The Hall–Kier alpha value is -3.85. The van der Waals surface area contributed by atoms with Crippen molar-refractivity contribution < 1.29 is 18.7 Å². The number of benzene rings is 2. The second-order valence-electron chi connectivity index (χ2n) is 8.39. The third kappa shape index (κ3) is 4.46. The SMILES string of the molecule is COc1ccc(C)c2sc(N(Cc3ccccn3)C(=O)C3CC(=O)N(c4ccc(F)cc4)C3)nc12. The number of pyridine rings is 1. The van der Waals surface area contributed by atoms with Crippen LogP contribution in [0.2, 0.25) is 0 Å². The van der Waals surface area contributed by atoms with Crippen molar-refractivity contribution in [2.24, 2.45) is 5.92 Å². The van der Waals surface area contributed by atoms with Crippen molar-refractivity contribution in [1.29, 1.82) is 0 Å². The molecule has 0 spiro atoms. The number of amides is 2. The van der Waals surface area contributed by atoms with Gasteiger partial charge in [0.2, 0.25) is 11.8 Å². The van der Waals surface area contributed by atoms with Gasteiger partial charge in [0.25, 0.3) is 0 Å². The van der Waals surface area contributed by atoms with E-state index >= 15 is 0 Å². The first-order chi connectivity index (χ1) is 16.9. The molecule has 3 heterocycles. The van der Waals surface area contributed by atoms with Crippen molar-refractivity contribution >= 4 is 44.2 Å². The van der Waals surface area contributed by atoms with Gasteiger partial charge in [-0.1, -0.05) is 23.5 Å². The van der Waals surface area contributed by atoms with Crippen LogP contribution in [0, 0.1) is 18.7 Å². The highest BCUT2D eigenvalue weighted by Gasteiger charge is 2.38. The summed E-state index contributed by atoms with van der Waals surface area (Å²) < 4.78 is 19.8. The molecule has 2 aromatic carbocycles. The summed E-state index contributed by atoms with van der Waals surface area (Å²) in [5.41, 5.74) is 3.02. The molecule has 7 nitrogen and oxygen atoms in total. The smallest absolute Gasteiger partial charge is 0.234 e. The lowest BCUT2D eigenvalue weighted by Crippen LogP contribution is -2.37. The van der Waals surface area contributed by atoms with E-state index in [1.54, 1.807) is 30.3 Å². The highest BCUT2D eigenvalue weighted by atomic mass is 32.1. The quantitative estimate of drug-likeness (QED) is 0.391. The van der Waals surface area contributed by atoms with Gasteiger partial charge in [-0.3, -0.25) is 19.5 Å². The molecule has 0 N–H and O–H groups in total. The number of halogens is 1. The lowest BCUT2D eigenvalue weighted by Gasteiger charge is -2.23. The Labute approximate surface area is 205 Å². The van der Waals surface area contributed by atoms with Crippen LogP contribution in [0.3, 0.4) is 0 Å². The van der Waals surface area contributed by atoms with E-state index in [0.717, 1.165) is 10.3 Å². The fourth-order valence-corrected chi connectivity index (χ4v) is 5.29. The number of aromatic nitrogens is 2. The molecular formula is C26H23FN4O3S. The van der Waals surface area contributed by atoms with E-state index in [1.807, 2.05) is 37.3 Å². The third-order valence-corrected chi connectivity index (χ3v) is 7.28. The maximum Gasteiger partial charge on any atom is 0.234 e. The Morgan fingerprint density at radius 2 is 2.00 bits per heavy atom. The lowest BCUT2D eigenvalue weighted by atomic mass is 10.1. The Bertz CT molecular complexity index is 1390. The van der Waals surface area contributed by atoms with Crippen molar-refractivity contribution in [3.63, 3.8) is 0 Å². The van der Waals surface area contributed by atoms with Gasteiger partial charge in [0.15, 0.2) is 5.13 Å². The molecular weight excluding hydrogens is 467 g/mol. The van der Waals surface area contributed by atoms with Crippen LogP contribution >= 0.6 is 11.3 Å². The molecule has 1 atom stereocenters. The van der Waals surface area contributed by atoms with Gasteiger partial charge in [-0.25, -0.2) is 9.37 Å². The monoisotopic (exact) mass is 490 g/mol. The largest absolute Gasteiger partial charge is 0.494 e. The van der Waals surface area contributed by atoms with Gasteiger partial charge < -0.3 is 9.64 Å². The minimum absolute atomic E-state index is 0.0716. The Morgan fingerprint density at radius 1 is 1.20 bits per heavy atom. The maximum absolute atomic E-state index is 13.8. The summed E-state index contributed by atoms with van der Waals surface area (Å²) in [4.78, 5) is 38.9. The molecule has 1 aliphatic rings. The number of rotatable bonds is 6. The Morgan fingerprint density at radius 3 is 2.71 bits per heavy atom. The Balaban J connectivity index is 1.50. The highest BCUT2D eigenvalue weighted by Crippen LogP contribution is 2.38. The Kier molecular flexibility index (Phi) is 6.17. The minimum Gasteiger partial charge on any atom is -0.494 e. The number of anilines is 2. The molecule has 2 aromatic heterocycles. The molecule has 1 saturated heterocycles. The molecule has 2 amide bonds. The van der Waals surface area contributed by atoms with Crippen LogP contribution in [-0.2, 0) is 16.1 Å². The predicted octanol–water partition coefficient (Wildman–Crippen LogP) is 4.73. The number of carbonyl (C=O) groups excluding carboxylic acids is 2. The number of nitrogens with zero attached hydrogens (tertiary/aromatic N) is 4. The van der Waals surface area contributed by atoms with Gasteiger partial charge in [-0.15, -0.1) is 0 Å². The first-order valence-corrected chi connectivity index (χ1v) is 12.0. The van der Waals surface area contributed by atoms with Crippen LogP contribution in [-0.4, -0.2) is 35.4 Å². The zero-order valence-corrected chi connectivity index (χ0v) is 20.1. The summed E-state index contributed by atoms with van der Waals surface area (Å²) in [5, 5.41) is 0.524. The van der Waals surface area contributed by atoms with Crippen LogP contribution < -0.4 is 14.5 Å². The molecule has 178 valence electrons. The number of methoxy groups -OCH3 is 1. The number of thiazole rings is 1. The van der Waals surface area contributed by atoms with E-state index in [2.05, 4.69) is 4.98 Å². The fraction of sp³-hybridized carbons (Fsp3) is 0.231. The van der Waals surface area contributed by atoms with Crippen LogP contribution in [0.5, 0.6) is 5.75 Å². The number of aryl methyl sites for hydroxylation is 1. The van der Waals surface area contributed by atoms with E-state index < -0.39 is 5.92 Å². The van der Waals surface area contributed by atoms with Crippen LogP contribution in [0.4, 0.5) is 15.2 Å². The average Bonchev–Trinajstić information content (AvgIpc) is 3.48. The zero-order valence-electron chi connectivity index (χ0n) is 19.3. The van der Waals surface area contributed by atoms with Crippen LogP contribution in [0.15, 0.2) is 60.8 Å². The minimum atomic E-state index is -0.564. The molecule has 35 heavy (non-hydrogen) atoms. The summed E-state index contributed by atoms with van der Waals surface area (Å²) in [6, 6.07) is 15.1. The van der Waals surface area contributed by atoms with E-state index in [1.165, 1.54) is 28.4 Å². The van der Waals surface area contributed by atoms with E-state index in [4.69, 9.17) is 9.72 Å². The van der Waals surface area contributed by atoms with Crippen LogP contribution in [0.1, 0.15) is 17.7 Å². The summed E-state index contributed by atoms with van der Waals surface area (Å²) in [6.07, 6.45) is 1.75. The third-order valence-electron chi connectivity index (χ3n) is 6.07. The predicted molar refractivity (Wildman–Crippen MR) is 133 cm³/mol. The second-order valence-corrected chi connectivity index (χ2v) is 9.36. The number of carbonyl (C=O) groups is 2. The number of ether oxygens (including phenoxy) is 1. The topological polar surface area (TPSA) is 75.6 Å². The highest BCUT2D eigenvalue weighted by molar-refractivity contribution is 7.22. The standard InChI is InChI=1S/C26H23FN4O3S/c1-16-6-11-21(34-2)23-24(16)35-26(29-23)31(15-19-5-3-4-12-28-19)25(33)17-13-22(32)30(14-17)20-9-7-18(27)8-10-20/h3-12,17H,13-15H2,1-2H3. The molecule has 0 radical (unpaired) electrons. The molecule has 1 unspecified atom stereocenters. The summed E-state index contributed by atoms with van der Waals surface area (Å²) in [6.45, 7) is 2.43. The molecule has 5 rings (SSSR count). The molecule has 0 aliphatic carbocycles. The zero-order chi connectivity index (χ0) is 24.5. The summed E-state index contributed by atoms with van der Waals surface area (Å²) in [5.74, 6) is -0.682. The summed E-state index contributed by atoms with van der Waals surface area (Å²) in [7, 11) is 1.59. The number of hydrogen-bond donors (Lipinski definition) is 0. The lowest BCUT2D eigenvalue weighted by molar-refractivity contribution is -0.124. The first kappa shape index (κ1) is 22.9. The molecule has 0 bridgehead atoms. The van der Waals surface area contributed by atoms with Crippen molar-refractivity contribution in [3.8, 4) is 5.75 Å². The molecule has 1 fully saturated rings. The van der Waals surface area contributed by atoms with E-state index in [-0.39, 0.29) is 37.1 Å². The van der Waals surface area contributed by atoms with Gasteiger partial charge in [0.05, 0.1) is 30.0 Å². The molecule has 4 aromatic rings.